The van der Waals surface area contributed by atoms with E-state index < -0.39 is 5.82 Å². The SMILES string of the molecule is Fc1cccc2c1OCc1coc(n1)C1(CCCC1)Cc1ccnc-2c1. The average Bonchev–Trinajstić information content (AvgIpc) is 3.30. The van der Waals surface area contributed by atoms with Gasteiger partial charge in [-0.05, 0) is 49.1 Å². The quantitative estimate of drug-likeness (QED) is 0.583. The van der Waals surface area contributed by atoms with Gasteiger partial charge >= 0.3 is 0 Å². The fraction of sp³-hybridized carbons (Fsp3) is 0.333. The molecule has 1 saturated carbocycles. The summed E-state index contributed by atoms with van der Waals surface area (Å²) in [5, 5.41) is 0. The van der Waals surface area contributed by atoms with Gasteiger partial charge in [-0.2, -0.15) is 0 Å². The minimum Gasteiger partial charge on any atom is -0.483 e. The molecule has 5 rings (SSSR count). The molecular formula is C21H19FN2O2. The Bertz CT molecular complexity index is 960. The lowest BCUT2D eigenvalue weighted by Crippen LogP contribution is -2.26. The Labute approximate surface area is 151 Å². The Balaban J connectivity index is 1.69. The summed E-state index contributed by atoms with van der Waals surface area (Å²) in [4.78, 5) is 9.16. The van der Waals surface area contributed by atoms with Crippen molar-refractivity contribution >= 4 is 0 Å². The van der Waals surface area contributed by atoms with E-state index >= 15 is 0 Å². The van der Waals surface area contributed by atoms with Crippen LogP contribution in [0.2, 0.25) is 0 Å². The summed E-state index contributed by atoms with van der Waals surface area (Å²) in [6, 6.07) is 8.99. The molecule has 3 heterocycles. The Kier molecular flexibility index (Phi) is 3.55. The van der Waals surface area contributed by atoms with E-state index in [1.807, 2.05) is 18.2 Å². The van der Waals surface area contributed by atoms with E-state index in [1.165, 1.54) is 18.9 Å². The maximum Gasteiger partial charge on any atom is 0.200 e. The lowest BCUT2D eigenvalue weighted by molar-refractivity contribution is 0.286. The molecule has 4 bridgehead atoms. The van der Waals surface area contributed by atoms with Crippen LogP contribution in [0.5, 0.6) is 5.75 Å². The first-order chi connectivity index (χ1) is 12.7. The van der Waals surface area contributed by atoms with Crippen molar-refractivity contribution in [2.75, 3.05) is 0 Å². The summed E-state index contributed by atoms with van der Waals surface area (Å²) in [5.74, 6) is 0.585. The van der Waals surface area contributed by atoms with Gasteiger partial charge < -0.3 is 9.15 Å². The van der Waals surface area contributed by atoms with Gasteiger partial charge in [-0.1, -0.05) is 18.9 Å². The summed E-state index contributed by atoms with van der Waals surface area (Å²) in [7, 11) is 0. The number of rotatable bonds is 0. The average molecular weight is 350 g/mol. The summed E-state index contributed by atoms with van der Waals surface area (Å²) in [5.41, 5.74) is 3.18. The highest BCUT2D eigenvalue weighted by atomic mass is 19.1. The van der Waals surface area contributed by atoms with Crippen molar-refractivity contribution in [3.05, 3.63) is 65.8 Å². The number of aromatic nitrogens is 2. The van der Waals surface area contributed by atoms with E-state index in [1.54, 1.807) is 18.5 Å². The zero-order chi connectivity index (χ0) is 17.6. The molecule has 132 valence electrons. The number of para-hydroxylation sites is 1. The minimum atomic E-state index is -0.400. The van der Waals surface area contributed by atoms with Gasteiger partial charge in [0.2, 0.25) is 5.89 Å². The van der Waals surface area contributed by atoms with Crippen LogP contribution in [-0.4, -0.2) is 9.97 Å². The molecule has 0 unspecified atom stereocenters. The number of ether oxygens (including phenoxy) is 1. The second-order valence-corrected chi connectivity index (χ2v) is 7.26. The van der Waals surface area contributed by atoms with Crippen molar-refractivity contribution in [3.8, 4) is 17.0 Å². The molecule has 2 aromatic heterocycles. The fourth-order valence-corrected chi connectivity index (χ4v) is 4.26. The van der Waals surface area contributed by atoms with Crippen molar-refractivity contribution in [1.29, 1.82) is 0 Å². The summed E-state index contributed by atoms with van der Waals surface area (Å²) in [6.45, 7) is 0.174. The number of hydrogen-bond donors (Lipinski definition) is 0. The third-order valence-electron chi connectivity index (χ3n) is 5.54. The summed E-state index contributed by atoms with van der Waals surface area (Å²) < 4.78 is 26.1. The number of hydrogen-bond acceptors (Lipinski definition) is 4. The van der Waals surface area contributed by atoms with E-state index in [-0.39, 0.29) is 17.8 Å². The molecule has 0 atom stereocenters. The second kappa shape index (κ2) is 5.94. The van der Waals surface area contributed by atoms with Gasteiger partial charge in [-0.3, -0.25) is 4.98 Å². The maximum absolute atomic E-state index is 14.4. The molecule has 0 radical (unpaired) electrons. The number of benzene rings is 1. The number of oxazole rings is 1. The highest BCUT2D eigenvalue weighted by molar-refractivity contribution is 5.68. The van der Waals surface area contributed by atoms with E-state index in [0.29, 0.717) is 11.3 Å². The molecule has 3 aromatic rings. The fourth-order valence-electron chi connectivity index (χ4n) is 4.26. The highest BCUT2D eigenvalue weighted by Gasteiger charge is 2.40. The van der Waals surface area contributed by atoms with Crippen LogP contribution in [-0.2, 0) is 18.4 Å². The zero-order valence-corrected chi connectivity index (χ0v) is 14.4. The largest absolute Gasteiger partial charge is 0.483 e. The topological polar surface area (TPSA) is 48.2 Å². The van der Waals surface area contributed by atoms with Crippen LogP contribution in [0.3, 0.4) is 0 Å². The van der Waals surface area contributed by atoms with Gasteiger partial charge in [0.1, 0.15) is 18.6 Å². The molecule has 0 saturated heterocycles. The molecule has 1 fully saturated rings. The van der Waals surface area contributed by atoms with Crippen LogP contribution in [0.4, 0.5) is 4.39 Å². The van der Waals surface area contributed by atoms with E-state index in [2.05, 4.69) is 4.98 Å². The van der Waals surface area contributed by atoms with Crippen LogP contribution in [0.25, 0.3) is 11.3 Å². The minimum absolute atomic E-state index is 0.0686. The maximum atomic E-state index is 14.4. The van der Waals surface area contributed by atoms with Crippen LogP contribution >= 0.6 is 0 Å². The molecule has 1 aliphatic heterocycles. The Morgan fingerprint density at radius 2 is 2.00 bits per heavy atom. The highest BCUT2D eigenvalue weighted by Crippen LogP contribution is 2.44. The van der Waals surface area contributed by atoms with Gasteiger partial charge in [-0.15, -0.1) is 0 Å². The molecule has 1 spiro atoms. The van der Waals surface area contributed by atoms with E-state index in [0.717, 1.165) is 36.4 Å². The third kappa shape index (κ3) is 2.50. The zero-order valence-electron chi connectivity index (χ0n) is 14.4. The molecule has 5 heteroatoms. The molecule has 0 amide bonds. The van der Waals surface area contributed by atoms with E-state index in [4.69, 9.17) is 14.1 Å². The number of halogens is 1. The molecular weight excluding hydrogens is 331 g/mol. The van der Waals surface area contributed by atoms with Gasteiger partial charge in [0.25, 0.3) is 0 Å². The standard InChI is InChI=1S/C21H19FN2O2/c22-17-5-3-4-16-18-10-14(6-9-23-18)11-21(7-1-2-8-21)20-24-15(13-26-20)12-25-19(16)17/h3-6,9-10,13H,1-2,7-8,11-12H2. The molecule has 4 nitrogen and oxygen atoms in total. The first-order valence-corrected chi connectivity index (χ1v) is 9.05. The van der Waals surface area contributed by atoms with Crippen LogP contribution in [0, 0.1) is 5.82 Å². The molecule has 0 N–H and O–H groups in total. The molecule has 1 aliphatic carbocycles. The summed E-state index contributed by atoms with van der Waals surface area (Å²) in [6.07, 6.45) is 8.78. The number of fused-ring (bicyclic) bond motifs is 7. The smallest absolute Gasteiger partial charge is 0.200 e. The predicted octanol–water partition coefficient (Wildman–Crippen LogP) is 4.82. The first kappa shape index (κ1) is 15.6. The Hall–Kier alpha value is -2.69. The van der Waals surface area contributed by atoms with Gasteiger partial charge in [0, 0.05) is 11.8 Å². The molecule has 2 aliphatic rings. The van der Waals surface area contributed by atoms with Gasteiger partial charge in [-0.25, -0.2) is 9.37 Å². The normalized spacial score (nSPS) is 17.9. The first-order valence-electron chi connectivity index (χ1n) is 9.05. The Morgan fingerprint density at radius 3 is 2.88 bits per heavy atom. The van der Waals surface area contributed by atoms with Crippen LogP contribution < -0.4 is 4.74 Å². The third-order valence-corrected chi connectivity index (χ3v) is 5.54. The van der Waals surface area contributed by atoms with Crippen molar-refractivity contribution in [2.45, 2.75) is 44.1 Å². The Morgan fingerprint density at radius 1 is 1.12 bits per heavy atom. The lowest BCUT2D eigenvalue weighted by Gasteiger charge is -2.26. The van der Waals surface area contributed by atoms with Crippen molar-refractivity contribution in [1.82, 2.24) is 9.97 Å². The van der Waals surface area contributed by atoms with Crippen LogP contribution in [0.15, 0.2) is 47.2 Å². The van der Waals surface area contributed by atoms with E-state index in [9.17, 15) is 4.39 Å². The van der Waals surface area contributed by atoms with Crippen LogP contribution in [0.1, 0.15) is 42.8 Å². The second-order valence-electron chi connectivity index (χ2n) is 7.26. The van der Waals surface area contributed by atoms with Crippen molar-refractivity contribution < 1.29 is 13.5 Å². The van der Waals surface area contributed by atoms with Crippen molar-refractivity contribution in [3.63, 3.8) is 0 Å². The van der Waals surface area contributed by atoms with Gasteiger partial charge in [0.15, 0.2) is 11.6 Å². The van der Waals surface area contributed by atoms with Gasteiger partial charge in [0.05, 0.1) is 11.1 Å². The predicted molar refractivity (Wildman–Crippen MR) is 94.3 cm³/mol. The lowest BCUT2D eigenvalue weighted by atomic mass is 9.79. The monoisotopic (exact) mass is 350 g/mol. The van der Waals surface area contributed by atoms with Crippen molar-refractivity contribution in [2.24, 2.45) is 0 Å². The number of pyridine rings is 1. The summed E-state index contributed by atoms with van der Waals surface area (Å²) >= 11 is 0. The molecule has 26 heavy (non-hydrogen) atoms. The number of nitrogens with zero attached hydrogens (tertiary/aromatic N) is 2. The molecule has 1 aromatic carbocycles.